The predicted molar refractivity (Wildman–Crippen MR) is 92.8 cm³/mol. The lowest BCUT2D eigenvalue weighted by molar-refractivity contribution is -0.133. The number of halogens is 1. The summed E-state index contributed by atoms with van der Waals surface area (Å²) in [5.74, 6) is 1.27. The van der Waals surface area contributed by atoms with Crippen molar-refractivity contribution in [2.45, 2.75) is 58.3 Å². The number of hydrogen-bond donors (Lipinski definition) is 1. The van der Waals surface area contributed by atoms with Gasteiger partial charge >= 0.3 is 0 Å². The molecular weight excluding hydrogens is 289 g/mol. The van der Waals surface area contributed by atoms with Gasteiger partial charge < -0.3 is 5.73 Å². The van der Waals surface area contributed by atoms with E-state index in [0.717, 1.165) is 18.8 Å². The van der Waals surface area contributed by atoms with Crippen LogP contribution in [0.2, 0.25) is 0 Å². The van der Waals surface area contributed by atoms with E-state index in [0.29, 0.717) is 5.92 Å². The summed E-state index contributed by atoms with van der Waals surface area (Å²) in [6.07, 6.45) is 5.56. The molecule has 4 unspecified atom stereocenters. The molecule has 0 aromatic heterocycles. The Balaban J connectivity index is 0.000000595. The third-order valence-electron chi connectivity index (χ3n) is 5.60. The van der Waals surface area contributed by atoms with E-state index in [1.165, 1.54) is 31.7 Å². The quantitative estimate of drug-likeness (QED) is 0.849. The third-order valence-corrected chi connectivity index (χ3v) is 5.60. The molecule has 2 aliphatic carbocycles. The highest BCUT2D eigenvalue weighted by atomic mass is 19.1. The largest absolute Gasteiger partial charge is 0.369 e. The monoisotopic (exact) mass is 319 g/mol. The molecule has 23 heavy (non-hydrogen) atoms. The number of alkyl halides is 1. The van der Waals surface area contributed by atoms with Crippen molar-refractivity contribution in [3.63, 3.8) is 0 Å². The van der Waals surface area contributed by atoms with Crippen molar-refractivity contribution >= 4 is 5.91 Å². The van der Waals surface area contributed by atoms with E-state index in [2.05, 4.69) is 44.2 Å². The van der Waals surface area contributed by atoms with Crippen LogP contribution in [0.3, 0.4) is 0 Å². The topological polar surface area (TPSA) is 43.1 Å². The van der Waals surface area contributed by atoms with Gasteiger partial charge in [0.25, 0.3) is 0 Å². The van der Waals surface area contributed by atoms with Crippen molar-refractivity contribution in [1.29, 1.82) is 0 Å². The minimum absolute atomic E-state index is 0.114. The molecule has 0 radical (unpaired) electrons. The second kappa shape index (κ2) is 7.02. The Morgan fingerprint density at radius 1 is 1.26 bits per heavy atom. The SMILES string of the molecule is CC1CC2CC(C)(C(N)=O)CC(c3ccccc3)(C1)C2.CCF. The Labute approximate surface area is 139 Å². The van der Waals surface area contributed by atoms with Crippen LogP contribution in [0.1, 0.15) is 58.4 Å². The molecule has 1 aromatic carbocycles. The maximum absolute atomic E-state index is 12.0. The third kappa shape index (κ3) is 3.76. The summed E-state index contributed by atoms with van der Waals surface area (Å²) in [5.41, 5.74) is 6.97. The van der Waals surface area contributed by atoms with Crippen LogP contribution in [0, 0.1) is 17.3 Å². The number of fused-ring (bicyclic) bond motifs is 2. The zero-order valence-corrected chi connectivity index (χ0v) is 14.6. The highest BCUT2D eigenvalue weighted by Gasteiger charge is 2.52. The van der Waals surface area contributed by atoms with E-state index >= 15 is 0 Å². The Morgan fingerprint density at radius 2 is 1.87 bits per heavy atom. The maximum Gasteiger partial charge on any atom is 0.223 e. The van der Waals surface area contributed by atoms with Crippen molar-refractivity contribution in [3.8, 4) is 0 Å². The predicted octanol–water partition coefficient (Wildman–Crippen LogP) is 4.62. The molecular formula is C20H30FNO. The van der Waals surface area contributed by atoms with E-state index < -0.39 is 0 Å². The van der Waals surface area contributed by atoms with Crippen molar-refractivity contribution in [1.82, 2.24) is 0 Å². The van der Waals surface area contributed by atoms with Crippen LogP contribution in [-0.4, -0.2) is 12.6 Å². The maximum atomic E-state index is 12.0. The summed E-state index contributed by atoms with van der Waals surface area (Å²) in [6.45, 7) is 5.64. The summed E-state index contributed by atoms with van der Waals surface area (Å²) >= 11 is 0. The van der Waals surface area contributed by atoms with Gasteiger partial charge in [-0.25, -0.2) is 0 Å². The van der Waals surface area contributed by atoms with Crippen LogP contribution in [0.25, 0.3) is 0 Å². The van der Waals surface area contributed by atoms with Gasteiger partial charge in [-0.3, -0.25) is 9.18 Å². The summed E-state index contributed by atoms with van der Waals surface area (Å²) < 4.78 is 10.3. The van der Waals surface area contributed by atoms with Crippen molar-refractivity contribution in [2.75, 3.05) is 6.67 Å². The second-order valence-electron chi connectivity index (χ2n) is 7.83. The van der Waals surface area contributed by atoms with Crippen LogP contribution in [0.5, 0.6) is 0 Å². The molecule has 2 fully saturated rings. The molecule has 2 aliphatic rings. The average Bonchev–Trinajstić information content (AvgIpc) is 2.47. The van der Waals surface area contributed by atoms with Gasteiger partial charge in [-0.05, 0) is 61.8 Å². The van der Waals surface area contributed by atoms with Crippen molar-refractivity contribution in [3.05, 3.63) is 35.9 Å². The van der Waals surface area contributed by atoms with E-state index in [1.807, 2.05) is 0 Å². The summed E-state index contributed by atoms with van der Waals surface area (Å²) in [7, 11) is 0. The molecule has 0 saturated heterocycles. The number of carbonyl (C=O) groups is 1. The van der Waals surface area contributed by atoms with Gasteiger partial charge in [-0.2, -0.15) is 0 Å². The number of amides is 1. The van der Waals surface area contributed by atoms with Crippen molar-refractivity contribution < 1.29 is 9.18 Å². The average molecular weight is 319 g/mol. The zero-order chi connectivity index (χ0) is 17.1. The number of rotatable bonds is 2. The molecule has 2 bridgehead atoms. The van der Waals surface area contributed by atoms with Gasteiger partial charge in [0, 0.05) is 5.41 Å². The molecule has 3 heteroatoms. The Bertz CT molecular complexity index is 528. The van der Waals surface area contributed by atoms with Gasteiger partial charge in [-0.1, -0.05) is 44.2 Å². The zero-order valence-electron chi connectivity index (χ0n) is 14.6. The highest BCUT2D eigenvalue weighted by molar-refractivity contribution is 5.80. The molecule has 2 saturated carbocycles. The molecule has 3 rings (SSSR count). The van der Waals surface area contributed by atoms with Crippen LogP contribution in [0.4, 0.5) is 4.39 Å². The molecule has 4 atom stereocenters. The number of hydrogen-bond acceptors (Lipinski definition) is 1. The molecule has 2 N–H and O–H groups in total. The van der Waals surface area contributed by atoms with Gasteiger partial charge in [0.1, 0.15) is 0 Å². The molecule has 0 aliphatic heterocycles. The van der Waals surface area contributed by atoms with Crippen LogP contribution >= 0.6 is 0 Å². The van der Waals surface area contributed by atoms with Crippen LogP contribution in [-0.2, 0) is 10.2 Å². The summed E-state index contributed by atoms with van der Waals surface area (Å²) in [6, 6.07) is 10.8. The highest BCUT2D eigenvalue weighted by Crippen LogP contribution is 2.57. The van der Waals surface area contributed by atoms with Crippen LogP contribution in [0.15, 0.2) is 30.3 Å². The number of nitrogens with two attached hydrogens (primary N) is 1. The fourth-order valence-electron chi connectivity index (χ4n) is 5.11. The first kappa shape index (κ1) is 18.0. The number of primary amides is 1. The minimum atomic E-state index is -0.334. The second-order valence-corrected chi connectivity index (χ2v) is 7.83. The summed E-state index contributed by atoms with van der Waals surface area (Å²) in [5, 5.41) is 0. The smallest absolute Gasteiger partial charge is 0.223 e. The number of benzene rings is 1. The van der Waals surface area contributed by atoms with E-state index in [4.69, 9.17) is 5.73 Å². The van der Waals surface area contributed by atoms with E-state index in [-0.39, 0.29) is 23.4 Å². The molecule has 1 amide bonds. The first-order valence-electron chi connectivity index (χ1n) is 8.76. The van der Waals surface area contributed by atoms with Crippen molar-refractivity contribution in [2.24, 2.45) is 23.0 Å². The van der Waals surface area contributed by atoms with E-state index in [1.54, 1.807) is 0 Å². The normalized spacial score (nSPS) is 35.8. The first-order valence-corrected chi connectivity index (χ1v) is 8.76. The minimum Gasteiger partial charge on any atom is -0.369 e. The fraction of sp³-hybridized carbons (Fsp3) is 0.650. The Kier molecular flexibility index (Phi) is 5.49. The lowest BCUT2D eigenvalue weighted by Crippen LogP contribution is -2.51. The van der Waals surface area contributed by atoms with Gasteiger partial charge in [-0.15, -0.1) is 0 Å². The van der Waals surface area contributed by atoms with Gasteiger partial charge in [0.2, 0.25) is 5.91 Å². The van der Waals surface area contributed by atoms with E-state index in [9.17, 15) is 9.18 Å². The fourth-order valence-corrected chi connectivity index (χ4v) is 5.11. The Hall–Kier alpha value is -1.38. The summed E-state index contributed by atoms with van der Waals surface area (Å²) in [4.78, 5) is 12.0. The molecule has 0 heterocycles. The molecule has 2 nitrogen and oxygen atoms in total. The van der Waals surface area contributed by atoms with Gasteiger partial charge in [0.05, 0.1) is 6.67 Å². The van der Waals surface area contributed by atoms with Crippen LogP contribution < -0.4 is 5.73 Å². The van der Waals surface area contributed by atoms with Gasteiger partial charge in [0.15, 0.2) is 0 Å². The first-order chi connectivity index (χ1) is 10.8. The molecule has 1 aromatic rings. The lowest BCUT2D eigenvalue weighted by Gasteiger charge is -2.53. The molecule has 0 spiro atoms. The lowest BCUT2D eigenvalue weighted by atomic mass is 9.50. The Morgan fingerprint density at radius 3 is 2.43 bits per heavy atom. The number of carbonyl (C=O) groups excluding carboxylic acids is 1. The standard InChI is InChI=1S/C18H25NO.C2H5F/c1-13-8-14-10-17(2,16(19)20)12-18(9-13,11-14)15-6-4-3-5-7-15;1-2-3/h3-7,13-14H,8-12H2,1-2H3,(H2,19,20);2H2,1H3. The molecule has 128 valence electrons.